The number of hydrogen-bond donors (Lipinski definition) is 0. The number of fused-ring (bicyclic) bond motifs is 1. The van der Waals surface area contributed by atoms with Crippen molar-refractivity contribution >= 4 is 16.8 Å². The first-order chi connectivity index (χ1) is 15.2. The van der Waals surface area contributed by atoms with Crippen molar-refractivity contribution in [2.24, 2.45) is 0 Å². The van der Waals surface area contributed by atoms with Crippen molar-refractivity contribution in [3.8, 4) is 11.4 Å². The van der Waals surface area contributed by atoms with Crippen LogP contribution in [-0.2, 0) is 16.1 Å². The van der Waals surface area contributed by atoms with Crippen LogP contribution >= 0.6 is 0 Å². The van der Waals surface area contributed by atoms with E-state index in [1.807, 2.05) is 29.2 Å². The van der Waals surface area contributed by atoms with Crippen molar-refractivity contribution in [3.05, 3.63) is 66.4 Å². The van der Waals surface area contributed by atoms with Gasteiger partial charge in [-0.3, -0.25) is 9.78 Å². The predicted molar refractivity (Wildman–Crippen MR) is 114 cm³/mol. The molecule has 8 heteroatoms. The SMILES string of the molecule is Cc1cc2ccccc2n1CCC(=O)N1CCOC(c2nc(-c3cccnc3)no2)C1. The average Bonchev–Trinajstić information content (AvgIpc) is 3.43. The van der Waals surface area contributed by atoms with Crippen LogP contribution in [0.1, 0.15) is 24.1 Å². The number of aromatic nitrogens is 4. The minimum atomic E-state index is -0.426. The topological polar surface area (TPSA) is 86.3 Å². The van der Waals surface area contributed by atoms with Gasteiger partial charge in [-0.1, -0.05) is 23.4 Å². The molecule has 1 aliphatic rings. The number of rotatable bonds is 5. The molecule has 0 N–H and O–H groups in total. The second-order valence-electron chi connectivity index (χ2n) is 7.64. The first-order valence-corrected chi connectivity index (χ1v) is 10.4. The summed E-state index contributed by atoms with van der Waals surface area (Å²) in [6, 6.07) is 14.1. The number of hydrogen-bond acceptors (Lipinski definition) is 6. The maximum Gasteiger partial charge on any atom is 0.257 e. The molecule has 0 bridgehead atoms. The van der Waals surface area contributed by atoms with E-state index in [0.717, 1.165) is 16.8 Å². The van der Waals surface area contributed by atoms with E-state index < -0.39 is 6.10 Å². The summed E-state index contributed by atoms with van der Waals surface area (Å²) in [7, 11) is 0. The summed E-state index contributed by atoms with van der Waals surface area (Å²) in [5, 5.41) is 5.22. The van der Waals surface area contributed by atoms with Gasteiger partial charge in [-0.2, -0.15) is 4.98 Å². The van der Waals surface area contributed by atoms with Crippen LogP contribution in [0.25, 0.3) is 22.3 Å². The number of carbonyl (C=O) groups excluding carboxylic acids is 1. The van der Waals surface area contributed by atoms with Crippen molar-refractivity contribution in [3.63, 3.8) is 0 Å². The fraction of sp³-hybridized carbons (Fsp3) is 0.304. The highest BCUT2D eigenvalue weighted by atomic mass is 16.5. The van der Waals surface area contributed by atoms with Crippen molar-refractivity contribution in [1.82, 2.24) is 24.6 Å². The van der Waals surface area contributed by atoms with Crippen LogP contribution in [0.15, 0.2) is 59.4 Å². The van der Waals surface area contributed by atoms with E-state index in [9.17, 15) is 4.79 Å². The van der Waals surface area contributed by atoms with Crippen molar-refractivity contribution in [2.45, 2.75) is 26.0 Å². The molecular formula is C23H23N5O3. The normalized spacial score (nSPS) is 16.7. The Morgan fingerprint density at radius 2 is 2.13 bits per heavy atom. The average molecular weight is 417 g/mol. The van der Waals surface area contributed by atoms with Crippen molar-refractivity contribution < 1.29 is 14.1 Å². The van der Waals surface area contributed by atoms with E-state index in [1.54, 1.807) is 12.4 Å². The lowest BCUT2D eigenvalue weighted by Gasteiger charge is -2.31. The zero-order valence-corrected chi connectivity index (χ0v) is 17.3. The predicted octanol–water partition coefficient (Wildman–Crippen LogP) is 3.38. The van der Waals surface area contributed by atoms with Crippen LogP contribution in [0.5, 0.6) is 0 Å². The summed E-state index contributed by atoms with van der Waals surface area (Å²) in [5.41, 5.74) is 3.08. The summed E-state index contributed by atoms with van der Waals surface area (Å²) in [6.07, 6.45) is 3.37. The number of amides is 1. The van der Waals surface area contributed by atoms with Crippen LogP contribution in [0.3, 0.4) is 0 Å². The summed E-state index contributed by atoms with van der Waals surface area (Å²) in [5.74, 6) is 0.936. The first-order valence-electron chi connectivity index (χ1n) is 10.4. The molecule has 0 aliphatic carbocycles. The molecule has 8 nitrogen and oxygen atoms in total. The van der Waals surface area contributed by atoms with E-state index in [-0.39, 0.29) is 5.91 Å². The Balaban J connectivity index is 1.24. The van der Waals surface area contributed by atoms with E-state index in [0.29, 0.717) is 44.4 Å². The van der Waals surface area contributed by atoms with E-state index in [2.05, 4.69) is 44.8 Å². The van der Waals surface area contributed by atoms with Crippen molar-refractivity contribution in [2.75, 3.05) is 19.7 Å². The third-order valence-electron chi connectivity index (χ3n) is 5.62. The fourth-order valence-corrected chi connectivity index (χ4v) is 4.01. The van der Waals surface area contributed by atoms with Gasteiger partial charge in [0.1, 0.15) is 0 Å². The molecule has 0 radical (unpaired) electrons. The van der Waals surface area contributed by atoms with Gasteiger partial charge in [0.05, 0.1) is 13.2 Å². The first kappa shape index (κ1) is 19.4. The smallest absolute Gasteiger partial charge is 0.257 e. The second-order valence-corrected chi connectivity index (χ2v) is 7.64. The van der Waals surface area contributed by atoms with Gasteiger partial charge >= 0.3 is 0 Å². The van der Waals surface area contributed by atoms with Crippen LogP contribution in [-0.4, -0.2) is 50.2 Å². The number of para-hydroxylation sites is 1. The van der Waals surface area contributed by atoms with E-state index in [4.69, 9.17) is 9.26 Å². The standard InChI is InChI=1S/C23H23N5O3/c1-16-13-17-5-2-3-7-19(17)28(16)10-8-21(29)27-11-12-30-20(15-27)23-25-22(26-31-23)18-6-4-9-24-14-18/h2-7,9,13-14,20H,8,10-12,15H2,1H3. The molecule has 31 heavy (non-hydrogen) atoms. The van der Waals surface area contributed by atoms with Gasteiger partial charge in [0.25, 0.3) is 5.89 Å². The molecule has 0 spiro atoms. The fourth-order valence-electron chi connectivity index (χ4n) is 4.01. The number of morpholine rings is 1. The minimum Gasteiger partial charge on any atom is -0.365 e. The maximum absolute atomic E-state index is 12.9. The number of carbonyl (C=O) groups is 1. The number of aryl methyl sites for hydroxylation is 2. The van der Waals surface area contributed by atoms with Crippen LogP contribution in [0.4, 0.5) is 0 Å². The van der Waals surface area contributed by atoms with Gasteiger partial charge in [0.2, 0.25) is 11.7 Å². The lowest BCUT2D eigenvalue weighted by Crippen LogP contribution is -2.42. The Morgan fingerprint density at radius 3 is 3.00 bits per heavy atom. The molecule has 1 fully saturated rings. The lowest BCUT2D eigenvalue weighted by atomic mass is 10.2. The molecule has 1 unspecified atom stereocenters. The molecule has 1 atom stereocenters. The Morgan fingerprint density at radius 1 is 1.23 bits per heavy atom. The van der Waals surface area contributed by atoms with Crippen molar-refractivity contribution in [1.29, 1.82) is 0 Å². The maximum atomic E-state index is 12.9. The summed E-state index contributed by atoms with van der Waals surface area (Å²) in [4.78, 5) is 23.3. The van der Waals surface area contributed by atoms with Gasteiger partial charge < -0.3 is 18.7 Å². The monoisotopic (exact) mass is 417 g/mol. The third kappa shape index (κ3) is 3.94. The van der Waals surface area contributed by atoms with Crippen LogP contribution in [0, 0.1) is 6.92 Å². The van der Waals surface area contributed by atoms with Gasteiger partial charge in [0, 0.05) is 48.7 Å². The quantitative estimate of drug-likeness (QED) is 0.495. The zero-order valence-electron chi connectivity index (χ0n) is 17.3. The molecule has 1 aliphatic heterocycles. The number of ether oxygens (including phenoxy) is 1. The lowest BCUT2D eigenvalue weighted by molar-refractivity contribution is -0.140. The second kappa shape index (κ2) is 8.31. The molecule has 0 saturated carbocycles. The Kier molecular flexibility index (Phi) is 5.21. The highest BCUT2D eigenvalue weighted by Gasteiger charge is 2.29. The van der Waals surface area contributed by atoms with Crippen LogP contribution < -0.4 is 0 Å². The Bertz CT molecular complexity index is 1200. The molecule has 1 amide bonds. The molecule has 5 rings (SSSR count). The van der Waals surface area contributed by atoms with E-state index in [1.165, 1.54) is 5.39 Å². The highest BCUT2D eigenvalue weighted by Crippen LogP contribution is 2.24. The Hall–Kier alpha value is -3.52. The summed E-state index contributed by atoms with van der Waals surface area (Å²) in [6.45, 7) is 4.12. The number of pyridine rings is 1. The minimum absolute atomic E-state index is 0.0949. The molecule has 1 saturated heterocycles. The third-order valence-corrected chi connectivity index (χ3v) is 5.62. The Labute approximate surface area is 179 Å². The molecule has 3 aromatic heterocycles. The van der Waals surface area contributed by atoms with Gasteiger partial charge in [-0.05, 0) is 36.6 Å². The molecular weight excluding hydrogens is 394 g/mol. The van der Waals surface area contributed by atoms with Gasteiger partial charge in [0.15, 0.2) is 6.10 Å². The molecule has 4 aromatic rings. The number of benzene rings is 1. The van der Waals surface area contributed by atoms with E-state index >= 15 is 0 Å². The largest absolute Gasteiger partial charge is 0.365 e. The molecule has 1 aromatic carbocycles. The van der Waals surface area contributed by atoms with Crippen LogP contribution in [0.2, 0.25) is 0 Å². The van der Waals surface area contributed by atoms with Gasteiger partial charge in [-0.25, -0.2) is 0 Å². The summed E-state index contributed by atoms with van der Waals surface area (Å²) < 4.78 is 13.4. The zero-order chi connectivity index (χ0) is 21.2. The molecule has 158 valence electrons. The van der Waals surface area contributed by atoms with Gasteiger partial charge in [-0.15, -0.1) is 0 Å². The summed E-state index contributed by atoms with van der Waals surface area (Å²) >= 11 is 0. The molecule has 4 heterocycles. The number of nitrogens with zero attached hydrogens (tertiary/aromatic N) is 5. The highest BCUT2D eigenvalue weighted by molar-refractivity contribution is 5.82.